The van der Waals surface area contributed by atoms with Crippen LogP contribution in [-0.2, 0) is 22.4 Å². The minimum atomic E-state index is -2.56. The van der Waals surface area contributed by atoms with Gasteiger partial charge in [-0.25, -0.2) is 0 Å². The summed E-state index contributed by atoms with van der Waals surface area (Å²) in [6.45, 7) is 16.7. The lowest BCUT2D eigenvalue weighted by molar-refractivity contribution is 0.0563. The minimum absolute atomic E-state index is 0.609. The number of hydrogen-bond acceptors (Lipinski definition) is 5. The summed E-state index contributed by atoms with van der Waals surface area (Å²) in [7, 11) is -4.02. The lowest BCUT2D eigenvalue weighted by Crippen LogP contribution is -2.46. The molecule has 146 valence electrons. The molecule has 0 fully saturated rings. The molecule has 0 amide bonds. The van der Waals surface area contributed by atoms with E-state index in [1.165, 1.54) is 18.1 Å². The van der Waals surface area contributed by atoms with Crippen molar-refractivity contribution >= 4 is 17.1 Å². The van der Waals surface area contributed by atoms with Crippen molar-refractivity contribution in [2.24, 2.45) is 0 Å². The Morgan fingerprint density at radius 2 is 1.08 bits per heavy atom. The van der Waals surface area contributed by atoms with E-state index in [4.69, 9.17) is 22.4 Å². The summed E-state index contributed by atoms with van der Waals surface area (Å²) < 4.78 is 29.5. The first-order valence-corrected chi connectivity index (χ1v) is 14.2. The molecule has 0 unspecified atom stereocenters. The Bertz CT molecular complexity index is 263. The Morgan fingerprint density at radius 3 is 1.50 bits per heavy atom. The van der Waals surface area contributed by atoms with E-state index >= 15 is 0 Å². The van der Waals surface area contributed by atoms with Crippen LogP contribution in [-0.4, -0.2) is 56.8 Å². The summed E-state index contributed by atoms with van der Waals surface area (Å²) in [5.41, 5.74) is 0. The quantitative estimate of drug-likeness (QED) is 0.275. The first-order valence-electron chi connectivity index (χ1n) is 9.71. The zero-order chi connectivity index (χ0) is 18.3. The number of hydrogen-bond donors (Lipinski definition) is 0. The molecule has 0 spiro atoms. The van der Waals surface area contributed by atoms with Gasteiger partial charge in [-0.3, -0.25) is 0 Å². The zero-order valence-corrected chi connectivity index (χ0v) is 18.8. The summed E-state index contributed by atoms with van der Waals surface area (Å²) in [6.07, 6.45) is 0.946. The van der Waals surface area contributed by atoms with Crippen molar-refractivity contribution in [2.45, 2.75) is 72.1 Å². The number of ether oxygens (including phenoxy) is 1. The van der Waals surface area contributed by atoms with Crippen LogP contribution in [0.3, 0.4) is 0 Å². The van der Waals surface area contributed by atoms with E-state index in [2.05, 4.69) is 20.8 Å². The molecule has 7 heteroatoms. The van der Waals surface area contributed by atoms with Crippen molar-refractivity contribution in [1.82, 2.24) is 0 Å². The van der Waals surface area contributed by atoms with Gasteiger partial charge in [-0.2, -0.15) is 0 Å². The molecule has 0 saturated carbocycles. The van der Waals surface area contributed by atoms with E-state index in [9.17, 15) is 0 Å². The maximum Gasteiger partial charge on any atom is 0.503 e. The molecule has 0 N–H and O–H groups in total. The molecular formula is C17H40O5Si2. The van der Waals surface area contributed by atoms with Crippen molar-refractivity contribution in [1.29, 1.82) is 0 Å². The lowest BCUT2D eigenvalue weighted by Gasteiger charge is -2.28. The largest absolute Gasteiger partial charge is 0.503 e. The standard InChI is InChI=1S/C17H40O5Si2/c1-7-19-24(20-8-2,21-9-3)17-16-18-14-13-15-22-23(10-4,11-5)12-6/h7-17H2,1-6H3. The Morgan fingerprint density at radius 1 is 0.583 bits per heavy atom. The van der Waals surface area contributed by atoms with Gasteiger partial charge >= 0.3 is 8.80 Å². The molecular weight excluding hydrogens is 340 g/mol. The van der Waals surface area contributed by atoms with Gasteiger partial charge in [0.1, 0.15) is 0 Å². The first kappa shape index (κ1) is 24.2. The third-order valence-corrected chi connectivity index (χ3v) is 12.1. The molecule has 0 rings (SSSR count). The third-order valence-electron chi connectivity index (χ3n) is 4.42. The highest BCUT2D eigenvalue weighted by atomic mass is 28.4. The molecule has 0 heterocycles. The topological polar surface area (TPSA) is 46.2 Å². The Balaban J connectivity index is 4.04. The maximum absolute atomic E-state index is 6.23. The van der Waals surface area contributed by atoms with E-state index in [1.54, 1.807) is 0 Å². The molecule has 0 aliphatic rings. The highest BCUT2D eigenvalue weighted by Crippen LogP contribution is 2.21. The Kier molecular flexibility index (Phi) is 14.5. The zero-order valence-electron chi connectivity index (χ0n) is 16.8. The highest BCUT2D eigenvalue weighted by molar-refractivity contribution is 6.73. The van der Waals surface area contributed by atoms with E-state index in [0.29, 0.717) is 32.5 Å². The van der Waals surface area contributed by atoms with Gasteiger partial charge < -0.3 is 22.4 Å². The molecule has 0 aromatic heterocycles. The van der Waals surface area contributed by atoms with Crippen LogP contribution in [0.5, 0.6) is 0 Å². The summed E-state index contributed by atoms with van der Waals surface area (Å²) in [6, 6.07) is 4.31. The van der Waals surface area contributed by atoms with Crippen molar-refractivity contribution < 1.29 is 22.4 Å². The molecule has 0 atom stereocenters. The van der Waals surface area contributed by atoms with Gasteiger partial charge in [0.15, 0.2) is 8.32 Å². The average molecular weight is 381 g/mol. The lowest BCUT2D eigenvalue weighted by atomic mass is 10.5. The highest BCUT2D eigenvalue weighted by Gasteiger charge is 2.40. The van der Waals surface area contributed by atoms with E-state index in [-0.39, 0.29) is 0 Å². The van der Waals surface area contributed by atoms with E-state index in [1.807, 2.05) is 20.8 Å². The van der Waals surface area contributed by atoms with E-state index < -0.39 is 17.1 Å². The molecule has 0 saturated heterocycles. The first-order chi connectivity index (χ1) is 11.6. The van der Waals surface area contributed by atoms with Crippen LogP contribution in [0.25, 0.3) is 0 Å². The molecule has 0 radical (unpaired) electrons. The normalized spacial score (nSPS) is 12.8. The molecule has 0 aliphatic carbocycles. The minimum Gasteiger partial charge on any atom is -0.417 e. The van der Waals surface area contributed by atoms with Crippen LogP contribution in [0.15, 0.2) is 0 Å². The molecule has 0 aromatic carbocycles. The number of rotatable bonds is 17. The second-order valence-corrected chi connectivity index (χ2v) is 13.3. The average Bonchev–Trinajstić information content (AvgIpc) is 2.59. The molecule has 0 bridgehead atoms. The molecule has 0 aliphatic heterocycles. The van der Waals surface area contributed by atoms with Crippen LogP contribution >= 0.6 is 0 Å². The summed E-state index contributed by atoms with van der Waals surface area (Å²) in [5.74, 6) is 0. The van der Waals surface area contributed by atoms with Gasteiger partial charge in [0.05, 0.1) is 6.61 Å². The van der Waals surface area contributed by atoms with Gasteiger partial charge in [-0.1, -0.05) is 20.8 Å². The van der Waals surface area contributed by atoms with Gasteiger partial charge in [-0.05, 0) is 45.3 Å². The summed E-state index contributed by atoms with van der Waals surface area (Å²) in [5, 5.41) is 0. The van der Waals surface area contributed by atoms with Crippen molar-refractivity contribution in [3.63, 3.8) is 0 Å². The van der Waals surface area contributed by atoms with Crippen molar-refractivity contribution in [3.05, 3.63) is 0 Å². The predicted molar refractivity (Wildman–Crippen MR) is 104 cm³/mol. The third kappa shape index (κ3) is 9.08. The van der Waals surface area contributed by atoms with Crippen LogP contribution < -0.4 is 0 Å². The SMILES string of the molecule is CCO[Si](CCOCCCO[Si](CC)(CC)CC)(OCC)OCC. The second-order valence-electron chi connectivity index (χ2n) is 5.79. The van der Waals surface area contributed by atoms with Gasteiger partial charge in [0, 0.05) is 39.1 Å². The summed E-state index contributed by atoms with van der Waals surface area (Å²) in [4.78, 5) is 0. The smallest absolute Gasteiger partial charge is 0.417 e. The Hall–Kier alpha value is 0.234. The van der Waals surface area contributed by atoms with Crippen LogP contribution in [0.1, 0.15) is 48.0 Å². The van der Waals surface area contributed by atoms with Gasteiger partial charge in [0.2, 0.25) is 0 Å². The van der Waals surface area contributed by atoms with Crippen LogP contribution in [0.2, 0.25) is 24.2 Å². The molecule has 0 aromatic rings. The monoisotopic (exact) mass is 380 g/mol. The summed E-state index contributed by atoms with van der Waals surface area (Å²) >= 11 is 0. The fourth-order valence-electron chi connectivity index (χ4n) is 2.81. The fourth-order valence-corrected chi connectivity index (χ4v) is 7.89. The van der Waals surface area contributed by atoms with Crippen molar-refractivity contribution in [3.8, 4) is 0 Å². The Labute approximate surface area is 151 Å². The predicted octanol–water partition coefficient (Wildman–Crippen LogP) is 4.46. The maximum atomic E-state index is 6.23. The van der Waals surface area contributed by atoms with Crippen LogP contribution in [0.4, 0.5) is 0 Å². The fraction of sp³-hybridized carbons (Fsp3) is 1.00. The van der Waals surface area contributed by atoms with Gasteiger partial charge in [-0.15, -0.1) is 0 Å². The van der Waals surface area contributed by atoms with E-state index in [0.717, 1.165) is 19.6 Å². The second kappa shape index (κ2) is 14.4. The van der Waals surface area contributed by atoms with Gasteiger partial charge in [0.25, 0.3) is 0 Å². The molecule has 24 heavy (non-hydrogen) atoms. The van der Waals surface area contributed by atoms with Crippen molar-refractivity contribution in [2.75, 3.05) is 39.6 Å². The molecule has 5 nitrogen and oxygen atoms in total. The van der Waals surface area contributed by atoms with Crippen LogP contribution in [0, 0.1) is 0 Å².